The number of halogens is 1. The fourth-order valence-electron chi connectivity index (χ4n) is 1.49. The number of nitrogen functional groups attached to an aromatic ring is 1. The fraction of sp³-hybridized carbons (Fsp3) is 0.0769. The molecule has 0 aliphatic rings. The van der Waals surface area contributed by atoms with Crippen LogP contribution in [0.3, 0.4) is 0 Å². The topological polar surface area (TPSA) is 68.0 Å². The van der Waals surface area contributed by atoms with Crippen LogP contribution in [0.2, 0.25) is 0 Å². The van der Waals surface area contributed by atoms with Gasteiger partial charge in [0.1, 0.15) is 5.69 Å². The number of carbonyl (C=O) groups excluding carboxylic acids is 1. The van der Waals surface area contributed by atoms with E-state index in [0.717, 1.165) is 10.0 Å². The Morgan fingerprint density at radius 3 is 2.78 bits per heavy atom. The van der Waals surface area contributed by atoms with Crippen LogP contribution in [0.4, 0.5) is 11.4 Å². The lowest BCUT2D eigenvalue weighted by atomic mass is 10.1. The molecule has 1 aromatic carbocycles. The van der Waals surface area contributed by atoms with E-state index >= 15 is 0 Å². The number of hydrogen-bond donors (Lipinski definition) is 2. The molecule has 0 saturated heterocycles. The number of carbonyl (C=O) groups is 1. The minimum absolute atomic E-state index is 0.254. The van der Waals surface area contributed by atoms with Crippen LogP contribution in [0.25, 0.3) is 0 Å². The predicted octanol–water partition coefficient (Wildman–Crippen LogP) is 2.99. The molecule has 0 aliphatic heterocycles. The van der Waals surface area contributed by atoms with Crippen LogP contribution in [-0.2, 0) is 0 Å². The van der Waals surface area contributed by atoms with Crippen molar-refractivity contribution in [2.45, 2.75) is 6.92 Å². The molecule has 0 aliphatic carbocycles. The van der Waals surface area contributed by atoms with Crippen LogP contribution in [0.5, 0.6) is 0 Å². The Kier molecular flexibility index (Phi) is 3.62. The minimum Gasteiger partial charge on any atom is -0.398 e. The molecule has 1 heterocycles. The molecular weight excluding hydrogens is 294 g/mol. The van der Waals surface area contributed by atoms with E-state index in [1.165, 1.54) is 0 Å². The van der Waals surface area contributed by atoms with Gasteiger partial charge in [0.25, 0.3) is 5.91 Å². The number of anilines is 2. The third kappa shape index (κ3) is 2.68. The van der Waals surface area contributed by atoms with Gasteiger partial charge < -0.3 is 11.1 Å². The van der Waals surface area contributed by atoms with Crippen LogP contribution in [0.1, 0.15) is 16.1 Å². The van der Waals surface area contributed by atoms with Crippen molar-refractivity contribution >= 4 is 33.2 Å². The van der Waals surface area contributed by atoms with Crippen molar-refractivity contribution in [3.8, 4) is 0 Å². The SMILES string of the molecule is Cc1c(N)cccc1NC(=O)c1ccc(Br)cn1. The van der Waals surface area contributed by atoms with E-state index in [4.69, 9.17) is 5.73 Å². The summed E-state index contributed by atoms with van der Waals surface area (Å²) >= 11 is 3.27. The maximum Gasteiger partial charge on any atom is 0.274 e. The lowest BCUT2D eigenvalue weighted by molar-refractivity contribution is 0.102. The average molecular weight is 306 g/mol. The predicted molar refractivity (Wildman–Crippen MR) is 75.5 cm³/mol. The first-order chi connectivity index (χ1) is 8.58. The molecule has 0 saturated carbocycles. The summed E-state index contributed by atoms with van der Waals surface area (Å²) in [6.07, 6.45) is 1.58. The molecule has 0 bridgehead atoms. The number of nitrogens with two attached hydrogens (primary N) is 1. The number of benzene rings is 1. The normalized spacial score (nSPS) is 10.1. The van der Waals surface area contributed by atoms with Gasteiger partial charge in [-0.2, -0.15) is 0 Å². The lowest BCUT2D eigenvalue weighted by Crippen LogP contribution is -2.14. The standard InChI is InChI=1S/C13H12BrN3O/c1-8-10(15)3-2-4-11(8)17-13(18)12-6-5-9(14)7-16-12/h2-7H,15H2,1H3,(H,17,18). The van der Waals surface area contributed by atoms with Gasteiger partial charge in [-0.05, 0) is 52.7 Å². The van der Waals surface area contributed by atoms with Gasteiger partial charge in [0.2, 0.25) is 0 Å². The summed E-state index contributed by atoms with van der Waals surface area (Å²) in [6.45, 7) is 1.86. The number of pyridine rings is 1. The van der Waals surface area contributed by atoms with Gasteiger partial charge in [0, 0.05) is 22.0 Å². The van der Waals surface area contributed by atoms with Gasteiger partial charge >= 0.3 is 0 Å². The molecule has 2 aromatic rings. The summed E-state index contributed by atoms with van der Waals surface area (Å²) in [5.41, 5.74) is 8.34. The maximum absolute atomic E-state index is 12.0. The molecule has 3 N–H and O–H groups in total. The van der Waals surface area contributed by atoms with Gasteiger partial charge in [0.05, 0.1) is 0 Å². The zero-order valence-corrected chi connectivity index (χ0v) is 11.4. The molecule has 0 atom stereocenters. The Morgan fingerprint density at radius 2 is 2.11 bits per heavy atom. The van der Waals surface area contributed by atoms with Gasteiger partial charge in [-0.25, -0.2) is 4.98 Å². The Morgan fingerprint density at radius 1 is 1.33 bits per heavy atom. The van der Waals surface area contributed by atoms with E-state index in [0.29, 0.717) is 17.1 Å². The molecule has 1 amide bonds. The monoisotopic (exact) mass is 305 g/mol. The molecule has 18 heavy (non-hydrogen) atoms. The first-order valence-electron chi connectivity index (χ1n) is 5.36. The first-order valence-corrected chi connectivity index (χ1v) is 6.15. The van der Waals surface area contributed by atoms with E-state index in [2.05, 4.69) is 26.2 Å². The molecule has 0 fully saturated rings. The molecule has 0 radical (unpaired) electrons. The molecular formula is C13H12BrN3O. The Labute approximate surface area is 113 Å². The second-order valence-electron chi connectivity index (χ2n) is 3.84. The van der Waals surface area contributed by atoms with E-state index in [1.54, 1.807) is 30.5 Å². The third-order valence-corrected chi connectivity index (χ3v) is 3.05. The highest BCUT2D eigenvalue weighted by atomic mass is 79.9. The number of aromatic nitrogens is 1. The average Bonchev–Trinajstić information content (AvgIpc) is 2.36. The Balaban J connectivity index is 2.21. The maximum atomic E-state index is 12.0. The largest absolute Gasteiger partial charge is 0.398 e. The van der Waals surface area contributed by atoms with Crippen molar-refractivity contribution in [3.05, 3.63) is 52.3 Å². The van der Waals surface area contributed by atoms with Crippen LogP contribution < -0.4 is 11.1 Å². The van der Waals surface area contributed by atoms with Crippen LogP contribution in [0.15, 0.2) is 41.0 Å². The minimum atomic E-state index is -0.254. The summed E-state index contributed by atoms with van der Waals surface area (Å²) in [6, 6.07) is 8.83. The molecule has 92 valence electrons. The second-order valence-corrected chi connectivity index (χ2v) is 4.75. The number of amides is 1. The highest BCUT2D eigenvalue weighted by Gasteiger charge is 2.09. The highest BCUT2D eigenvalue weighted by Crippen LogP contribution is 2.21. The molecule has 1 aromatic heterocycles. The Bertz CT molecular complexity index is 581. The van der Waals surface area contributed by atoms with Crippen molar-refractivity contribution in [2.75, 3.05) is 11.1 Å². The molecule has 0 unspecified atom stereocenters. The zero-order valence-electron chi connectivity index (χ0n) is 9.77. The zero-order chi connectivity index (χ0) is 13.1. The number of hydrogen-bond acceptors (Lipinski definition) is 3. The van der Waals surface area contributed by atoms with Crippen LogP contribution in [0, 0.1) is 6.92 Å². The van der Waals surface area contributed by atoms with Gasteiger partial charge in [-0.3, -0.25) is 4.79 Å². The van der Waals surface area contributed by atoms with E-state index in [9.17, 15) is 4.79 Å². The molecule has 4 nitrogen and oxygen atoms in total. The van der Waals surface area contributed by atoms with E-state index < -0.39 is 0 Å². The molecule has 5 heteroatoms. The smallest absolute Gasteiger partial charge is 0.274 e. The van der Waals surface area contributed by atoms with Crippen LogP contribution in [-0.4, -0.2) is 10.9 Å². The van der Waals surface area contributed by atoms with Crippen molar-refractivity contribution < 1.29 is 4.79 Å². The van der Waals surface area contributed by atoms with Gasteiger partial charge in [-0.1, -0.05) is 6.07 Å². The van der Waals surface area contributed by atoms with Gasteiger partial charge in [-0.15, -0.1) is 0 Å². The van der Waals surface area contributed by atoms with Crippen LogP contribution >= 0.6 is 15.9 Å². The fourth-order valence-corrected chi connectivity index (χ4v) is 1.72. The van der Waals surface area contributed by atoms with Crippen molar-refractivity contribution in [1.29, 1.82) is 0 Å². The third-order valence-electron chi connectivity index (χ3n) is 2.58. The number of rotatable bonds is 2. The summed E-state index contributed by atoms with van der Waals surface area (Å²) in [5, 5.41) is 2.79. The number of nitrogens with one attached hydrogen (secondary N) is 1. The molecule has 2 rings (SSSR count). The van der Waals surface area contributed by atoms with Crippen molar-refractivity contribution in [3.63, 3.8) is 0 Å². The highest BCUT2D eigenvalue weighted by molar-refractivity contribution is 9.10. The van der Waals surface area contributed by atoms with Gasteiger partial charge in [0.15, 0.2) is 0 Å². The summed E-state index contributed by atoms with van der Waals surface area (Å²) in [5.74, 6) is -0.254. The van der Waals surface area contributed by atoms with Crippen molar-refractivity contribution in [2.24, 2.45) is 0 Å². The second kappa shape index (κ2) is 5.18. The van der Waals surface area contributed by atoms with E-state index in [-0.39, 0.29) is 5.91 Å². The molecule has 0 spiro atoms. The summed E-state index contributed by atoms with van der Waals surface area (Å²) < 4.78 is 0.833. The summed E-state index contributed by atoms with van der Waals surface area (Å²) in [4.78, 5) is 16.0. The first kappa shape index (κ1) is 12.6. The quantitative estimate of drug-likeness (QED) is 0.838. The van der Waals surface area contributed by atoms with Crippen molar-refractivity contribution in [1.82, 2.24) is 4.98 Å². The lowest BCUT2D eigenvalue weighted by Gasteiger charge is -2.09. The summed E-state index contributed by atoms with van der Waals surface area (Å²) in [7, 11) is 0. The van der Waals surface area contributed by atoms with E-state index in [1.807, 2.05) is 13.0 Å². The Hall–Kier alpha value is -1.88. The number of nitrogens with zero attached hydrogens (tertiary/aromatic N) is 1.